The third kappa shape index (κ3) is 3.27. The molecule has 1 heterocycles. The zero-order valence-electron chi connectivity index (χ0n) is 9.92. The molecule has 0 aliphatic carbocycles. The Morgan fingerprint density at radius 2 is 2.29 bits per heavy atom. The van der Waals surface area contributed by atoms with Crippen molar-refractivity contribution >= 4 is 15.9 Å². The zero-order valence-corrected chi connectivity index (χ0v) is 11.5. The molecule has 1 aliphatic heterocycles. The molecule has 0 saturated carbocycles. The molecular weight excluding hydrogens is 285 g/mol. The molecule has 0 amide bonds. The maximum atomic E-state index is 13.6. The predicted octanol–water partition coefficient (Wildman–Crippen LogP) is 2.59. The van der Waals surface area contributed by atoms with Crippen molar-refractivity contribution < 1.29 is 9.50 Å². The first-order chi connectivity index (χ1) is 7.98. The highest BCUT2D eigenvalue weighted by Gasteiger charge is 2.32. The van der Waals surface area contributed by atoms with Gasteiger partial charge >= 0.3 is 0 Å². The Morgan fingerprint density at radius 1 is 1.53 bits per heavy atom. The highest BCUT2D eigenvalue weighted by atomic mass is 79.9. The highest BCUT2D eigenvalue weighted by molar-refractivity contribution is 9.10. The Morgan fingerprint density at radius 3 is 3.00 bits per heavy atom. The van der Waals surface area contributed by atoms with Crippen molar-refractivity contribution in [1.29, 1.82) is 0 Å². The number of hydrogen-bond acceptors (Lipinski definition) is 2. The number of likely N-dealkylation sites (tertiary alicyclic amines) is 1. The van der Waals surface area contributed by atoms with Crippen molar-refractivity contribution in [3.05, 3.63) is 34.1 Å². The average molecular weight is 302 g/mol. The first kappa shape index (κ1) is 13.0. The molecule has 1 unspecified atom stereocenters. The van der Waals surface area contributed by atoms with Crippen LogP contribution in [0, 0.1) is 5.82 Å². The fourth-order valence-corrected chi connectivity index (χ4v) is 2.92. The molecule has 17 heavy (non-hydrogen) atoms. The van der Waals surface area contributed by atoms with Crippen molar-refractivity contribution in [1.82, 2.24) is 4.90 Å². The van der Waals surface area contributed by atoms with Crippen molar-refractivity contribution in [2.24, 2.45) is 0 Å². The molecule has 1 aliphatic rings. The lowest BCUT2D eigenvalue weighted by Crippen LogP contribution is -2.48. The van der Waals surface area contributed by atoms with Crippen LogP contribution in [0.25, 0.3) is 0 Å². The number of nitrogens with zero attached hydrogens (tertiary/aromatic N) is 1. The molecule has 1 saturated heterocycles. The SMILES string of the molecule is CN1CCCC(O)(Cc2cc(Br)ccc2F)C1. The zero-order chi connectivity index (χ0) is 12.5. The van der Waals surface area contributed by atoms with Gasteiger partial charge in [0, 0.05) is 17.4 Å². The van der Waals surface area contributed by atoms with Crippen LogP contribution in [-0.2, 0) is 6.42 Å². The van der Waals surface area contributed by atoms with Gasteiger partial charge in [0.25, 0.3) is 0 Å². The Balaban J connectivity index is 2.16. The normalized spacial score (nSPS) is 26.1. The van der Waals surface area contributed by atoms with Gasteiger partial charge in [-0.2, -0.15) is 0 Å². The summed E-state index contributed by atoms with van der Waals surface area (Å²) in [6, 6.07) is 4.87. The minimum atomic E-state index is -0.797. The van der Waals surface area contributed by atoms with Gasteiger partial charge in [0.1, 0.15) is 5.82 Å². The van der Waals surface area contributed by atoms with E-state index >= 15 is 0 Å². The first-order valence-corrected chi connectivity index (χ1v) is 6.63. The van der Waals surface area contributed by atoms with Gasteiger partial charge < -0.3 is 10.0 Å². The maximum Gasteiger partial charge on any atom is 0.126 e. The number of likely N-dealkylation sites (N-methyl/N-ethyl adjacent to an activating group) is 1. The molecule has 4 heteroatoms. The van der Waals surface area contributed by atoms with Crippen molar-refractivity contribution in [2.45, 2.75) is 24.9 Å². The number of hydrogen-bond donors (Lipinski definition) is 1. The largest absolute Gasteiger partial charge is 0.388 e. The summed E-state index contributed by atoms with van der Waals surface area (Å²) in [6.07, 6.45) is 2.08. The van der Waals surface area contributed by atoms with E-state index < -0.39 is 5.60 Å². The number of benzene rings is 1. The second-order valence-electron chi connectivity index (χ2n) is 4.98. The van der Waals surface area contributed by atoms with E-state index in [0.717, 1.165) is 23.9 Å². The molecular formula is C13H17BrFNO. The molecule has 0 spiro atoms. The summed E-state index contributed by atoms with van der Waals surface area (Å²) in [7, 11) is 1.99. The Hall–Kier alpha value is -0.450. The molecule has 2 nitrogen and oxygen atoms in total. The monoisotopic (exact) mass is 301 g/mol. The molecule has 1 N–H and O–H groups in total. The summed E-state index contributed by atoms with van der Waals surface area (Å²) in [6.45, 7) is 1.61. The average Bonchev–Trinajstić information content (AvgIpc) is 2.22. The summed E-state index contributed by atoms with van der Waals surface area (Å²) in [5.41, 5.74) is -0.216. The molecule has 0 radical (unpaired) electrons. The number of β-amino-alcohol motifs (C(OH)–C–C–N with tert-alkyl or cyclic N) is 1. The number of halogens is 2. The van der Waals surface area contributed by atoms with Gasteiger partial charge in [-0.05, 0) is 50.2 Å². The Kier molecular flexibility index (Phi) is 3.85. The smallest absolute Gasteiger partial charge is 0.126 e. The highest BCUT2D eigenvalue weighted by Crippen LogP contribution is 2.27. The molecule has 94 valence electrons. The van der Waals surface area contributed by atoms with E-state index in [2.05, 4.69) is 20.8 Å². The van der Waals surface area contributed by atoms with E-state index in [0.29, 0.717) is 18.5 Å². The van der Waals surface area contributed by atoms with Gasteiger partial charge in [-0.1, -0.05) is 15.9 Å². The second kappa shape index (κ2) is 5.04. The van der Waals surface area contributed by atoms with Crippen LogP contribution in [-0.4, -0.2) is 35.7 Å². The summed E-state index contributed by atoms with van der Waals surface area (Å²) in [5, 5.41) is 10.5. The van der Waals surface area contributed by atoms with Crippen LogP contribution >= 0.6 is 15.9 Å². The van der Waals surface area contributed by atoms with Crippen LogP contribution in [0.4, 0.5) is 4.39 Å². The van der Waals surface area contributed by atoms with E-state index in [9.17, 15) is 9.50 Å². The van der Waals surface area contributed by atoms with Crippen LogP contribution in [0.2, 0.25) is 0 Å². The lowest BCUT2D eigenvalue weighted by molar-refractivity contribution is -0.0229. The number of aliphatic hydroxyl groups is 1. The predicted molar refractivity (Wildman–Crippen MR) is 69.5 cm³/mol. The van der Waals surface area contributed by atoms with Crippen molar-refractivity contribution in [3.8, 4) is 0 Å². The van der Waals surface area contributed by atoms with Crippen LogP contribution in [0.15, 0.2) is 22.7 Å². The molecule has 0 bridgehead atoms. The molecule has 1 atom stereocenters. The van der Waals surface area contributed by atoms with E-state index in [1.54, 1.807) is 12.1 Å². The number of rotatable bonds is 2. The minimum absolute atomic E-state index is 0.241. The third-order valence-electron chi connectivity index (χ3n) is 3.27. The van der Waals surface area contributed by atoms with E-state index in [-0.39, 0.29) is 5.82 Å². The van der Waals surface area contributed by atoms with Gasteiger partial charge in [0.15, 0.2) is 0 Å². The fraction of sp³-hybridized carbons (Fsp3) is 0.538. The summed E-state index contributed by atoms with van der Waals surface area (Å²) in [4.78, 5) is 2.10. The molecule has 2 rings (SSSR count). The third-order valence-corrected chi connectivity index (χ3v) is 3.77. The Labute approximate surface area is 110 Å². The van der Waals surface area contributed by atoms with Crippen molar-refractivity contribution in [3.63, 3.8) is 0 Å². The summed E-state index contributed by atoms with van der Waals surface area (Å²) in [5.74, 6) is -0.241. The minimum Gasteiger partial charge on any atom is -0.388 e. The quantitative estimate of drug-likeness (QED) is 0.908. The van der Waals surface area contributed by atoms with Gasteiger partial charge in [-0.25, -0.2) is 4.39 Å². The Bertz CT molecular complexity index is 412. The first-order valence-electron chi connectivity index (χ1n) is 5.83. The van der Waals surface area contributed by atoms with Gasteiger partial charge in [-0.15, -0.1) is 0 Å². The standard InChI is InChI=1S/C13H17BrFNO/c1-16-6-2-5-13(17,9-16)8-10-7-11(14)3-4-12(10)15/h3-4,7,17H,2,5-6,8-9H2,1H3. The van der Waals surface area contributed by atoms with Crippen LogP contribution in [0.3, 0.4) is 0 Å². The number of piperidine rings is 1. The summed E-state index contributed by atoms with van der Waals surface area (Å²) < 4.78 is 14.5. The maximum absolute atomic E-state index is 13.6. The van der Waals surface area contributed by atoms with Crippen LogP contribution in [0.5, 0.6) is 0 Å². The lowest BCUT2D eigenvalue weighted by atomic mass is 9.86. The van der Waals surface area contributed by atoms with Gasteiger partial charge in [0.2, 0.25) is 0 Å². The second-order valence-corrected chi connectivity index (χ2v) is 5.89. The van der Waals surface area contributed by atoms with Crippen LogP contribution in [0.1, 0.15) is 18.4 Å². The molecule has 1 aromatic carbocycles. The van der Waals surface area contributed by atoms with E-state index in [4.69, 9.17) is 0 Å². The van der Waals surface area contributed by atoms with Crippen molar-refractivity contribution in [2.75, 3.05) is 20.1 Å². The fourth-order valence-electron chi connectivity index (χ4n) is 2.52. The van der Waals surface area contributed by atoms with Gasteiger partial charge in [-0.3, -0.25) is 0 Å². The van der Waals surface area contributed by atoms with E-state index in [1.165, 1.54) is 6.07 Å². The van der Waals surface area contributed by atoms with Crippen LogP contribution < -0.4 is 0 Å². The summed E-state index contributed by atoms with van der Waals surface area (Å²) >= 11 is 3.33. The van der Waals surface area contributed by atoms with E-state index in [1.807, 2.05) is 7.05 Å². The topological polar surface area (TPSA) is 23.5 Å². The van der Waals surface area contributed by atoms with Gasteiger partial charge in [0.05, 0.1) is 5.60 Å². The molecule has 1 fully saturated rings. The molecule has 0 aromatic heterocycles. The molecule has 1 aromatic rings. The lowest BCUT2D eigenvalue weighted by Gasteiger charge is -2.37.